The average molecular weight is 270 g/mol. The highest BCUT2D eigenvalue weighted by Gasteiger charge is 2.02. The topological polar surface area (TPSA) is 84.5 Å². The predicted octanol–water partition coefficient (Wildman–Crippen LogP) is 1.36. The minimum Gasteiger partial charge on any atom is -0.384 e. The molecule has 6 heteroatoms. The van der Waals surface area contributed by atoms with Gasteiger partial charge in [-0.2, -0.15) is 0 Å². The molecule has 0 heterocycles. The largest absolute Gasteiger partial charge is 0.384 e. The van der Waals surface area contributed by atoms with Gasteiger partial charge in [0.1, 0.15) is 12.1 Å². The molecule has 0 aliphatic rings. The zero-order valence-corrected chi connectivity index (χ0v) is 10.9. The van der Waals surface area contributed by atoms with Gasteiger partial charge in [-0.15, -0.1) is 12.4 Å². The number of aliphatic imine (C=N–C) groups is 1. The molecule has 0 fully saturated rings. The van der Waals surface area contributed by atoms with Crippen molar-refractivity contribution >= 4 is 36.1 Å². The van der Waals surface area contributed by atoms with Gasteiger partial charge in [0.05, 0.1) is 0 Å². The second-order valence-corrected chi connectivity index (χ2v) is 3.44. The van der Waals surface area contributed by atoms with Crippen LogP contribution >= 0.6 is 12.4 Å². The molecule has 5 nitrogen and oxygen atoms in total. The molecule has 1 rings (SSSR count). The van der Waals surface area contributed by atoms with Crippen molar-refractivity contribution in [2.24, 2.45) is 10.7 Å². The quantitative estimate of drug-likeness (QED) is 0.481. The van der Waals surface area contributed by atoms with Crippen LogP contribution in [0.15, 0.2) is 29.3 Å². The van der Waals surface area contributed by atoms with Crippen LogP contribution in [-0.4, -0.2) is 25.1 Å². The molecular formula is C12H16ClN3O2. The van der Waals surface area contributed by atoms with Crippen LogP contribution in [-0.2, 0) is 9.59 Å². The van der Waals surface area contributed by atoms with Crippen molar-refractivity contribution in [3.8, 4) is 0 Å². The molecule has 0 radical (unpaired) electrons. The fraction of sp³-hybridized carbons (Fsp3) is 0.250. The molecule has 0 saturated heterocycles. The first kappa shape index (κ1) is 16.1. The Hall–Kier alpha value is -1.88. The molecule has 0 bridgehead atoms. The number of hydrogen-bond donors (Lipinski definition) is 2. The molecular weight excluding hydrogens is 254 g/mol. The maximum absolute atomic E-state index is 11.3. The summed E-state index contributed by atoms with van der Waals surface area (Å²) < 4.78 is 0. The number of nitrogens with one attached hydrogen (secondary N) is 1. The summed E-state index contributed by atoms with van der Waals surface area (Å²) in [6.45, 7) is 0. The molecule has 1 aromatic rings. The van der Waals surface area contributed by atoms with Gasteiger partial charge in [-0.1, -0.05) is 0 Å². The molecule has 0 unspecified atom stereocenters. The van der Waals surface area contributed by atoms with Gasteiger partial charge in [0.2, 0.25) is 5.91 Å². The van der Waals surface area contributed by atoms with Crippen molar-refractivity contribution in [3.05, 3.63) is 29.8 Å². The molecule has 0 aromatic heterocycles. The Morgan fingerprint density at radius 2 is 2.00 bits per heavy atom. The molecule has 0 spiro atoms. The van der Waals surface area contributed by atoms with Crippen LogP contribution < -0.4 is 11.1 Å². The number of hydrogen-bond acceptors (Lipinski definition) is 3. The lowest BCUT2D eigenvalue weighted by Gasteiger charge is -2.05. The lowest BCUT2D eigenvalue weighted by molar-refractivity contribution is -0.118. The van der Waals surface area contributed by atoms with Crippen molar-refractivity contribution in [3.63, 3.8) is 0 Å². The predicted molar refractivity (Wildman–Crippen MR) is 74.3 cm³/mol. The van der Waals surface area contributed by atoms with E-state index in [4.69, 9.17) is 5.73 Å². The van der Waals surface area contributed by atoms with Crippen molar-refractivity contribution in [1.29, 1.82) is 0 Å². The van der Waals surface area contributed by atoms with Crippen LogP contribution in [0.25, 0.3) is 0 Å². The highest BCUT2D eigenvalue weighted by atomic mass is 35.5. The molecule has 1 aromatic carbocycles. The van der Waals surface area contributed by atoms with Gasteiger partial charge in [0, 0.05) is 31.1 Å². The second-order valence-electron chi connectivity index (χ2n) is 3.44. The Bertz CT molecular complexity index is 429. The first-order valence-electron chi connectivity index (χ1n) is 5.23. The molecule has 98 valence electrons. The molecule has 0 aliphatic heterocycles. The normalized spacial score (nSPS) is 10.4. The zero-order valence-electron chi connectivity index (χ0n) is 10.1. The number of nitrogens with zero attached hydrogens (tertiary/aromatic N) is 1. The Morgan fingerprint density at radius 1 is 1.39 bits per heavy atom. The third-order valence-electron chi connectivity index (χ3n) is 2.19. The van der Waals surface area contributed by atoms with Crippen LogP contribution in [0.1, 0.15) is 18.4 Å². The summed E-state index contributed by atoms with van der Waals surface area (Å²) in [4.78, 5) is 25.3. The first-order valence-corrected chi connectivity index (χ1v) is 5.23. The number of amides is 1. The Balaban J connectivity index is 0.00000289. The summed E-state index contributed by atoms with van der Waals surface area (Å²) in [6.07, 6.45) is 1.16. The number of halogens is 1. The van der Waals surface area contributed by atoms with Crippen LogP contribution in [0.4, 0.5) is 5.69 Å². The monoisotopic (exact) mass is 269 g/mol. The van der Waals surface area contributed by atoms with Crippen molar-refractivity contribution in [2.75, 3.05) is 12.4 Å². The molecule has 18 heavy (non-hydrogen) atoms. The number of benzene rings is 1. The number of carbonyl (C=O) groups excluding carboxylic acids is 2. The Morgan fingerprint density at radius 3 is 2.50 bits per heavy atom. The Labute approximate surface area is 112 Å². The van der Waals surface area contributed by atoms with E-state index in [1.807, 2.05) is 0 Å². The number of amidine groups is 1. The number of carbonyl (C=O) groups is 2. The van der Waals surface area contributed by atoms with E-state index in [1.54, 1.807) is 31.3 Å². The summed E-state index contributed by atoms with van der Waals surface area (Å²) in [5.74, 6) is 0.269. The van der Waals surface area contributed by atoms with E-state index in [1.165, 1.54) is 0 Å². The standard InChI is InChI=1S/C12H15N3O2.ClH/c1-14-12(13)9-4-6-10(7-5-9)15-11(17)3-2-8-16;/h4-8H,2-3H2,1H3,(H2,13,14)(H,15,17);1H. The van der Waals surface area contributed by atoms with E-state index >= 15 is 0 Å². The maximum Gasteiger partial charge on any atom is 0.224 e. The zero-order chi connectivity index (χ0) is 12.7. The fourth-order valence-electron chi connectivity index (χ4n) is 1.27. The van der Waals surface area contributed by atoms with E-state index in [0.29, 0.717) is 11.5 Å². The minimum absolute atomic E-state index is 0. The summed E-state index contributed by atoms with van der Waals surface area (Å²) in [5.41, 5.74) is 7.11. The van der Waals surface area contributed by atoms with Gasteiger partial charge in [-0.3, -0.25) is 9.79 Å². The van der Waals surface area contributed by atoms with Gasteiger partial charge in [-0.25, -0.2) is 0 Å². The van der Waals surface area contributed by atoms with Crippen LogP contribution in [0.2, 0.25) is 0 Å². The highest BCUT2D eigenvalue weighted by Crippen LogP contribution is 2.09. The smallest absolute Gasteiger partial charge is 0.224 e. The lowest BCUT2D eigenvalue weighted by Crippen LogP contribution is -2.14. The molecule has 0 saturated carbocycles. The van der Waals surface area contributed by atoms with E-state index in [-0.39, 0.29) is 31.2 Å². The van der Waals surface area contributed by atoms with E-state index in [2.05, 4.69) is 10.3 Å². The van der Waals surface area contributed by atoms with Gasteiger partial charge in [0.15, 0.2) is 0 Å². The summed E-state index contributed by atoms with van der Waals surface area (Å²) in [6, 6.07) is 7.04. The third kappa shape index (κ3) is 4.97. The fourth-order valence-corrected chi connectivity index (χ4v) is 1.27. The van der Waals surface area contributed by atoms with E-state index in [0.717, 1.165) is 11.8 Å². The average Bonchev–Trinajstić information content (AvgIpc) is 2.36. The summed E-state index contributed by atoms with van der Waals surface area (Å²) >= 11 is 0. The third-order valence-corrected chi connectivity index (χ3v) is 2.19. The van der Waals surface area contributed by atoms with Crippen LogP contribution in [0.3, 0.4) is 0 Å². The van der Waals surface area contributed by atoms with E-state index < -0.39 is 0 Å². The highest BCUT2D eigenvalue weighted by molar-refractivity contribution is 5.98. The van der Waals surface area contributed by atoms with Crippen molar-refractivity contribution in [2.45, 2.75) is 12.8 Å². The molecule has 1 amide bonds. The van der Waals surface area contributed by atoms with Gasteiger partial charge < -0.3 is 15.8 Å². The molecule has 0 aliphatic carbocycles. The number of aldehydes is 1. The lowest BCUT2D eigenvalue weighted by atomic mass is 10.2. The first-order chi connectivity index (χ1) is 8.17. The van der Waals surface area contributed by atoms with Crippen LogP contribution in [0, 0.1) is 0 Å². The molecule has 3 N–H and O–H groups in total. The number of rotatable bonds is 5. The van der Waals surface area contributed by atoms with Crippen molar-refractivity contribution < 1.29 is 9.59 Å². The van der Waals surface area contributed by atoms with Crippen molar-refractivity contribution in [1.82, 2.24) is 0 Å². The van der Waals surface area contributed by atoms with Gasteiger partial charge in [0.25, 0.3) is 0 Å². The summed E-state index contributed by atoms with van der Waals surface area (Å²) in [5, 5.41) is 2.68. The Kier molecular flexibility index (Phi) is 7.38. The SMILES string of the molecule is CN=C(N)c1ccc(NC(=O)CCC=O)cc1.Cl. The maximum atomic E-state index is 11.3. The second kappa shape index (κ2) is 8.25. The van der Waals surface area contributed by atoms with E-state index in [9.17, 15) is 9.59 Å². The van der Waals surface area contributed by atoms with Gasteiger partial charge >= 0.3 is 0 Å². The summed E-state index contributed by atoms with van der Waals surface area (Å²) in [7, 11) is 1.62. The molecule has 0 atom stereocenters. The number of nitrogens with two attached hydrogens (primary N) is 1. The van der Waals surface area contributed by atoms with Gasteiger partial charge in [-0.05, 0) is 24.3 Å². The minimum atomic E-state index is -0.179. The van der Waals surface area contributed by atoms with Crippen LogP contribution in [0.5, 0.6) is 0 Å². The number of anilines is 1.